The van der Waals surface area contributed by atoms with Crippen molar-refractivity contribution in [3.8, 4) is 0 Å². The second kappa shape index (κ2) is 6.43. The second-order valence-corrected chi connectivity index (χ2v) is 5.74. The van der Waals surface area contributed by atoms with Gasteiger partial charge < -0.3 is 14.4 Å². The number of halogens is 1. The summed E-state index contributed by atoms with van der Waals surface area (Å²) in [6.07, 6.45) is 6.19. The Labute approximate surface area is 129 Å². The fourth-order valence-electron chi connectivity index (χ4n) is 1.90. The van der Waals surface area contributed by atoms with Crippen LogP contribution in [0.4, 0.5) is 0 Å². The molecular formula is C16H19ClN2O2. The quantitative estimate of drug-likeness (QED) is 0.922. The second-order valence-electron chi connectivity index (χ2n) is 5.30. The van der Waals surface area contributed by atoms with E-state index in [2.05, 4.69) is 4.98 Å². The molecule has 5 heteroatoms. The summed E-state index contributed by atoms with van der Waals surface area (Å²) in [6, 6.07) is 7.41. The molecule has 2 rings (SSSR count). The third-order valence-electron chi connectivity index (χ3n) is 3.45. The van der Waals surface area contributed by atoms with Crippen molar-refractivity contribution >= 4 is 23.4 Å². The zero-order valence-electron chi connectivity index (χ0n) is 12.3. The van der Waals surface area contributed by atoms with Crippen LogP contribution in [0, 0.1) is 0 Å². The van der Waals surface area contributed by atoms with Crippen LogP contribution in [0.5, 0.6) is 0 Å². The number of hydrogen-bond acceptors (Lipinski definition) is 3. The molecule has 1 aromatic heterocycles. The van der Waals surface area contributed by atoms with Gasteiger partial charge in [0, 0.05) is 24.5 Å². The summed E-state index contributed by atoms with van der Waals surface area (Å²) >= 11 is 5.90. The molecule has 1 aromatic carbocycles. The average molecular weight is 307 g/mol. The van der Waals surface area contributed by atoms with Gasteiger partial charge in [0.25, 0.3) is 0 Å². The molecule has 1 atom stereocenters. The van der Waals surface area contributed by atoms with Crippen LogP contribution in [-0.2, 0) is 4.74 Å². The Balaban J connectivity index is 2.44. The largest absolute Gasteiger partial charge is 0.384 e. The Hall–Kier alpha value is -1.62. The highest BCUT2D eigenvalue weighted by Gasteiger charge is 2.31. The molecule has 21 heavy (non-hydrogen) atoms. The van der Waals surface area contributed by atoms with Crippen molar-refractivity contribution in [3.05, 3.63) is 53.6 Å². The van der Waals surface area contributed by atoms with Crippen LogP contribution in [0.2, 0.25) is 5.02 Å². The number of ether oxygens (including phenoxy) is 1. The number of rotatable bonds is 5. The maximum absolute atomic E-state index is 10.7. The molecule has 1 N–H and O–H groups in total. The molecule has 0 saturated carbocycles. The van der Waals surface area contributed by atoms with E-state index in [1.807, 2.05) is 44.2 Å². The van der Waals surface area contributed by atoms with E-state index in [0.29, 0.717) is 10.7 Å². The summed E-state index contributed by atoms with van der Waals surface area (Å²) in [5.41, 5.74) is 0.901. The SMILES string of the molecule is COC(C)(C)C(O)/C(=C/c1ccc(Cl)cc1)n1ccnc1. The first kappa shape index (κ1) is 15.8. The number of methoxy groups -OCH3 is 1. The smallest absolute Gasteiger partial charge is 0.123 e. The van der Waals surface area contributed by atoms with E-state index in [1.54, 1.807) is 30.4 Å². The van der Waals surface area contributed by atoms with E-state index in [4.69, 9.17) is 16.3 Å². The molecule has 0 aliphatic heterocycles. The van der Waals surface area contributed by atoms with Gasteiger partial charge in [-0.3, -0.25) is 0 Å². The van der Waals surface area contributed by atoms with Crippen LogP contribution in [0.25, 0.3) is 11.8 Å². The molecule has 0 fully saturated rings. The fraction of sp³-hybridized carbons (Fsp3) is 0.312. The number of benzene rings is 1. The molecule has 2 aromatic rings. The van der Waals surface area contributed by atoms with Gasteiger partial charge in [-0.15, -0.1) is 0 Å². The summed E-state index contributed by atoms with van der Waals surface area (Å²) in [5, 5.41) is 11.3. The molecule has 0 bridgehead atoms. The minimum Gasteiger partial charge on any atom is -0.384 e. The molecule has 0 saturated heterocycles. The standard InChI is InChI=1S/C16H19ClN2O2/c1-16(2,21-3)15(20)14(19-9-8-18-11-19)10-12-4-6-13(17)7-5-12/h4-11,15,20H,1-3H3/b14-10-. The molecule has 112 valence electrons. The molecule has 0 spiro atoms. The zero-order chi connectivity index (χ0) is 15.5. The summed E-state index contributed by atoms with van der Waals surface area (Å²) in [4.78, 5) is 4.04. The van der Waals surface area contributed by atoms with Crippen molar-refractivity contribution < 1.29 is 9.84 Å². The van der Waals surface area contributed by atoms with Crippen LogP contribution in [0.15, 0.2) is 43.0 Å². The topological polar surface area (TPSA) is 47.3 Å². The van der Waals surface area contributed by atoms with E-state index in [1.165, 1.54) is 0 Å². The Morgan fingerprint density at radius 2 is 2.05 bits per heavy atom. The average Bonchev–Trinajstić information content (AvgIpc) is 3.00. The first-order chi connectivity index (χ1) is 9.94. The lowest BCUT2D eigenvalue weighted by molar-refractivity contribution is -0.0535. The molecule has 0 aliphatic carbocycles. The summed E-state index contributed by atoms with van der Waals surface area (Å²) in [5.74, 6) is 0. The maximum atomic E-state index is 10.7. The van der Waals surface area contributed by atoms with Gasteiger partial charge in [-0.25, -0.2) is 4.98 Å². The molecule has 1 heterocycles. The van der Waals surface area contributed by atoms with Crippen molar-refractivity contribution in [1.29, 1.82) is 0 Å². The number of imidazole rings is 1. The first-order valence-electron chi connectivity index (χ1n) is 6.63. The van der Waals surface area contributed by atoms with Crippen LogP contribution < -0.4 is 0 Å². The predicted molar refractivity (Wildman–Crippen MR) is 84.9 cm³/mol. The van der Waals surface area contributed by atoms with Gasteiger partial charge in [0.15, 0.2) is 0 Å². The number of aliphatic hydroxyl groups excluding tert-OH is 1. The summed E-state index contributed by atoms with van der Waals surface area (Å²) in [7, 11) is 1.58. The Morgan fingerprint density at radius 1 is 1.38 bits per heavy atom. The Morgan fingerprint density at radius 3 is 2.57 bits per heavy atom. The van der Waals surface area contributed by atoms with E-state index >= 15 is 0 Å². The third-order valence-corrected chi connectivity index (χ3v) is 3.70. The molecule has 0 aliphatic rings. The number of aromatic nitrogens is 2. The normalized spacial score (nSPS) is 14.2. The number of hydrogen-bond donors (Lipinski definition) is 1. The van der Waals surface area contributed by atoms with Crippen molar-refractivity contribution in [1.82, 2.24) is 9.55 Å². The van der Waals surface area contributed by atoms with Crippen molar-refractivity contribution in [2.75, 3.05) is 7.11 Å². The van der Waals surface area contributed by atoms with Crippen molar-refractivity contribution in [2.45, 2.75) is 25.6 Å². The summed E-state index contributed by atoms with van der Waals surface area (Å²) in [6.45, 7) is 3.68. The van der Waals surface area contributed by atoms with Gasteiger partial charge in [0.2, 0.25) is 0 Å². The van der Waals surface area contributed by atoms with Gasteiger partial charge >= 0.3 is 0 Å². The Kier molecular flexibility index (Phi) is 4.83. The number of nitrogens with zero attached hydrogens (tertiary/aromatic N) is 2. The lowest BCUT2D eigenvalue weighted by Gasteiger charge is -2.31. The van der Waals surface area contributed by atoms with E-state index < -0.39 is 11.7 Å². The van der Waals surface area contributed by atoms with Crippen LogP contribution >= 0.6 is 11.6 Å². The Bertz CT molecular complexity index is 604. The minimum atomic E-state index is -0.813. The third kappa shape index (κ3) is 3.73. The molecular weight excluding hydrogens is 288 g/mol. The molecule has 0 amide bonds. The lowest BCUT2D eigenvalue weighted by Crippen LogP contribution is -2.40. The highest BCUT2D eigenvalue weighted by Crippen LogP contribution is 2.26. The monoisotopic (exact) mass is 306 g/mol. The number of aliphatic hydroxyl groups is 1. The van der Waals surface area contributed by atoms with Gasteiger partial charge in [0.05, 0.1) is 17.6 Å². The minimum absolute atomic E-state index is 0.675. The highest BCUT2D eigenvalue weighted by atomic mass is 35.5. The first-order valence-corrected chi connectivity index (χ1v) is 7.00. The van der Waals surface area contributed by atoms with Gasteiger partial charge in [-0.05, 0) is 37.6 Å². The predicted octanol–water partition coefficient (Wildman–Crippen LogP) is 3.32. The van der Waals surface area contributed by atoms with Gasteiger partial charge in [-0.2, -0.15) is 0 Å². The molecule has 4 nitrogen and oxygen atoms in total. The fourth-order valence-corrected chi connectivity index (χ4v) is 2.03. The zero-order valence-corrected chi connectivity index (χ0v) is 13.1. The lowest BCUT2D eigenvalue weighted by atomic mass is 9.97. The van der Waals surface area contributed by atoms with Crippen LogP contribution in [0.1, 0.15) is 19.4 Å². The summed E-state index contributed by atoms with van der Waals surface area (Å²) < 4.78 is 7.17. The van der Waals surface area contributed by atoms with Crippen molar-refractivity contribution in [2.24, 2.45) is 0 Å². The van der Waals surface area contributed by atoms with Crippen LogP contribution in [-0.4, -0.2) is 33.5 Å². The van der Waals surface area contributed by atoms with Crippen LogP contribution in [0.3, 0.4) is 0 Å². The maximum Gasteiger partial charge on any atom is 0.123 e. The highest BCUT2D eigenvalue weighted by molar-refractivity contribution is 6.30. The van der Waals surface area contributed by atoms with Gasteiger partial charge in [0.1, 0.15) is 6.10 Å². The van der Waals surface area contributed by atoms with Crippen molar-refractivity contribution in [3.63, 3.8) is 0 Å². The van der Waals surface area contributed by atoms with E-state index in [0.717, 1.165) is 5.56 Å². The van der Waals surface area contributed by atoms with E-state index in [-0.39, 0.29) is 0 Å². The molecule has 1 unspecified atom stereocenters. The van der Waals surface area contributed by atoms with Gasteiger partial charge in [-0.1, -0.05) is 23.7 Å². The van der Waals surface area contributed by atoms with E-state index in [9.17, 15) is 5.11 Å². The molecule has 0 radical (unpaired) electrons.